The molecule has 8 heteroatoms. The molecule has 0 saturated carbocycles. The van der Waals surface area contributed by atoms with E-state index in [4.69, 9.17) is 23.2 Å². The number of carbonyl (C=O) groups is 3. The molecule has 0 spiro atoms. The highest BCUT2D eigenvalue weighted by atomic mass is 35.5. The van der Waals surface area contributed by atoms with E-state index in [9.17, 15) is 14.4 Å². The third-order valence-electron chi connectivity index (χ3n) is 5.81. The van der Waals surface area contributed by atoms with Gasteiger partial charge in [-0.3, -0.25) is 19.3 Å². The van der Waals surface area contributed by atoms with Crippen LogP contribution in [-0.2, 0) is 14.4 Å². The molecule has 3 amide bonds. The summed E-state index contributed by atoms with van der Waals surface area (Å²) >= 11 is 12.2. The molecule has 6 nitrogen and oxygen atoms in total. The van der Waals surface area contributed by atoms with Crippen LogP contribution in [0.25, 0.3) is 6.08 Å². The van der Waals surface area contributed by atoms with Crippen molar-refractivity contribution in [3.63, 3.8) is 0 Å². The van der Waals surface area contributed by atoms with E-state index in [0.717, 1.165) is 11.1 Å². The van der Waals surface area contributed by atoms with E-state index < -0.39 is 17.9 Å². The summed E-state index contributed by atoms with van der Waals surface area (Å²) in [6.45, 7) is 3.94. The van der Waals surface area contributed by atoms with Crippen LogP contribution in [0.2, 0.25) is 10.0 Å². The third-order valence-corrected chi connectivity index (χ3v) is 6.37. The SMILES string of the molecule is Cc1ccc(NC(=O)C[C@@H]2C(=O)Nc3ccccc3N2C(=O)/C=C/c2ccc(Cl)cc2Cl)cc1C. The summed E-state index contributed by atoms with van der Waals surface area (Å²) in [6.07, 6.45) is 2.68. The molecule has 0 radical (unpaired) electrons. The molecule has 0 fully saturated rings. The Morgan fingerprint density at radius 1 is 1.03 bits per heavy atom. The highest BCUT2D eigenvalue weighted by molar-refractivity contribution is 6.35. The summed E-state index contributed by atoms with van der Waals surface area (Å²) < 4.78 is 0. The number of amides is 3. The lowest BCUT2D eigenvalue weighted by Crippen LogP contribution is -2.52. The van der Waals surface area contributed by atoms with Crippen molar-refractivity contribution in [3.8, 4) is 0 Å². The van der Waals surface area contributed by atoms with Crippen LogP contribution in [0, 0.1) is 13.8 Å². The molecule has 1 aliphatic heterocycles. The number of nitrogens with one attached hydrogen (secondary N) is 2. The van der Waals surface area contributed by atoms with Crippen LogP contribution in [0.3, 0.4) is 0 Å². The van der Waals surface area contributed by atoms with Gasteiger partial charge in [0.25, 0.3) is 5.91 Å². The smallest absolute Gasteiger partial charge is 0.251 e. The molecule has 178 valence electrons. The largest absolute Gasteiger partial charge is 0.326 e. The van der Waals surface area contributed by atoms with E-state index in [-0.39, 0.29) is 12.3 Å². The van der Waals surface area contributed by atoms with E-state index in [2.05, 4.69) is 10.6 Å². The first-order chi connectivity index (χ1) is 16.7. The Morgan fingerprint density at radius 3 is 2.54 bits per heavy atom. The van der Waals surface area contributed by atoms with Crippen molar-refractivity contribution in [2.24, 2.45) is 0 Å². The van der Waals surface area contributed by atoms with Crippen LogP contribution in [0.4, 0.5) is 17.1 Å². The summed E-state index contributed by atoms with van der Waals surface area (Å²) in [5, 5.41) is 6.50. The van der Waals surface area contributed by atoms with Gasteiger partial charge in [-0.05, 0) is 73.0 Å². The molecule has 1 heterocycles. The molecule has 0 bridgehead atoms. The molecule has 0 aromatic heterocycles. The number of hydrogen-bond donors (Lipinski definition) is 2. The zero-order valence-corrected chi connectivity index (χ0v) is 20.7. The fourth-order valence-corrected chi connectivity index (χ4v) is 4.30. The topological polar surface area (TPSA) is 78.5 Å². The quantitative estimate of drug-likeness (QED) is 0.415. The second kappa shape index (κ2) is 10.3. The van der Waals surface area contributed by atoms with E-state index in [0.29, 0.717) is 32.7 Å². The van der Waals surface area contributed by atoms with Crippen molar-refractivity contribution in [2.75, 3.05) is 15.5 Å². The highest BCUT2D eigenvalue weighted by Crippen LogP contribution is 2.33. The van der Waals surface area contributed by atoms with Crippen molar-refractivity contribution < 1.29 is 14.4 Å². The van der Waals surface area contributed by atoms with E-state index in [1.54, 1.807) is 54.6 Å². The monoisotopic (exact) mass is 507 g/mol. The lowest BCUT2D eigenvalue weighted by Gasteiger charge is -2.35. The van der Waals surface area contributed by atoms with Crippen molar-refractivity contribution in [2.45, 2.75) is 26.3 Å². The number of para-hydroxylation sites is 2. The predicted octanol–water partition coefficient (Wildman–Crippen LogP) is 6.01. The number of hydrogen-bond acceptors (Lipinski definition) is 3. The van der Waals surface area contributed by atoms with Gasteiger partial charge in [0.2, 0.25) is 11.8 Å². The lowest BCUT2D eigenvalue weighted by molar-refractivity contribution is -0.124. The van der Waals surface area contributed by atoms with Crippen molar-refractivity contribution in [3.05, 3.63) is 93.5 Å². The van der Waals surface area contributed by atoms with Gasteiger partial charge in [0.15, 0.2) is 0 Å². The zero-order valence-electron chi connectivity index (χ0n) is 19.1. The number of halogens is 2. The number of rotatable bonds is 5. The Bertz CT molecular complexity index is 1350. The van der Waals surface area contributed by atoms with E-state index in [1.807, 2.05) is 26.0 Å². The van der Waals surface area contributed by atoms with Gasteiger partial charge in [-0.25, -0.2) is 0 Å². The number of anilines is 3. The molecular formula is C27H23Cl2N3O3. The van der Waals surface area contributed by atoms with Gasteiger partial charge in [0, 0.05) is 21.8 Å². The first-order valence-corrected chi connectivity index (χ1v) is 11.7. The Balaban J connectivity index is 1.61. The minimum Gasteiger partial charge on any atom is -0.326 e. The fraction of sp³-hybridized carbons (Fsp3) is 0.148. The average molecular weight is 508 g/mol. The summed E-state index contributed by atoms with van der Waals surface area (Å²) in [5.74, 6) is -1.28. The van der Waals surface area contributed by atoms with Gasteiger partial charge in [-0.15, -0.1) is 0 Å². The Morgan fingerprint density at radius 2 is 1.80 bits per heavy atom. The second-order valence-corrected chi connectivity index (χ2v) is 9.12. The van der Waals surface area contributed by atoms with Crippen LogP contribution in [0.15, 0.2) is 66.7 Å². The van der Waals surface area contributed by atoms with Gasteiger partial charge in [-0.2, -0.15) is 0 Å². The zero-order chi connectivity index (χ0) is 25.1. The first-order valence-electron chi connectivity index (χ1n) is 11.0. The number of fused-ring (bicyclic) bond motifs is 1. The van der Waals surface area contributed by atoms with Crippen LogP contribution in [0.5, 0.6) is 0 Å². The molecule has 0 aliphatic carbocycles. The maximum absolute atomic E-state index is 13.3. The molecule has 4 rings (SSSR count). The van der Waals surface area contributed by atoms with Crippen LogP contribution in [-0.4, -0.2) is 23.8 Å². The second-order valence-electron chi connectivity index (χ2n) is 8.28. The van der Waals surface area contributed by atoms with Gasteiger partial charge in [0.1, 0.15) is 6.04 Å². The molecule has 2 N–H and O–H groups in total. The highest BCUT2D eigenvalue weighted by Gasteiger charge is 2.37. The first kappa shape index (κ1) is 24.5. The maximum Gasteiger partial charge on any atom is 0.251 e. The van der Waals surface area contributed by atoms with Gasteiger partial charge >= 0.3 is 0 Å². The van der Waals surface area contributed by atoms with Gasteiger partial charge in [-0.1, -0.05) is 47.5 Å². The summed E-state index contributed by atoms with van der Waals surface area (Å²) in [5.41, 5.74) is 4.38. The molecule has 0 saturated heterocycles. The minimum absolute atomic E-state index is 0.214. The number of carbonyl (C=O) groups excluding carboxylic acids is 3. The average Bonchev–Trinajstić information content (AvgIpc) is 2.81. The van der Waals surface area contributed by atoms with Gasteiger partial charge in [0.05, 0.1) is 17.8 Å². The van der Waals surface area contributed by atoms with Crippen molar-refractivity contribution in [1.29, 1.82) is 0 Å². The Kier molecular flexibility index (Phi) is 7.24. The number of benzene rings is 3. The standard InChI is InChI=1S/C27H23Cl2N3O3/c1-16-7-11-20(13-17(16)2)30-25(33)15-24-27(35)31-22-5-3-4-6-23(22)32(24)26(34)12-9-18-8-10-19(28)14-21(18)29/h3-14,24H,15H2,1-2H3,(H,30,33)(H,31,35)/b12-9+/t24-/m1/s1. The summed E-state index contributed by atoms with van der Waals surface area (Å²) in [4.78, 5) is 40.6. The Labute approximate surface area is 213 Å². The number of aryl methyl sites for hydroxylation is 2. The lowest BCUT2D eigenvalue weighted by atomic mass is 10.0. The van der Waals surface area contributed by atoms with Crippen molar-refractivity contribution in [1.82, 2.24) is 0 Å². The summed E-state index contributed by atoms with van der Waals surface area (Å²) in [6, 6.07) is 16.5. The molecule has 1 aliphatic rings. The predicted molar refractivity (Wildman–Crippen MR) is 141 cm³/mol. The maximum atomic E-state index is 13.3. The molecular weight excluding hydrogens is 485 g/mol. The molecule has 3 aromatic rings. The van der Waals surface area contributed by atoms with E-state index >= 15 is 0 Å². The summed E-state index contributed by atoms with van der Waals surface area (Å²) in [7, 11) is 0. The Hall–Kier alpha value is -3.61. The third kappa shape index (κ3) is 5.56. The molecule has 3 aromatic carbocycles. The minimum atomic E-state index is -1.03. The van der Waals surface area contributed by atoms with Gasteiger partial charge < -0.3 is 10.6 Å². The number of nitrogens with zero attached hydrogens (tertiary/aromatic N) is 1. The molecule has 0 unspecified atom stereocenters. The van der Waals surface area contributed by atoms with Crippen LogP contribution in [0.1, 0.15) is 23.1 Å². The van der Waals surface area contributed by atoms with Crippen molar-refractivity contribution >= 4 is 64.1 Å². The normalized spacial score (nSPS) is 15.0. The molecule has 35 heavy (non-hydrogen) atoms. The van der Waals surface area contributed by atoms with Crippen LogP contribution < -0.4 is 15.5 Å². The van der Waals surface area contributed by atoms with E-state index in [1.165, 1.54) is 11.0 Å². The fourth-order valence-electron chi connectivity index (χ4n) is 3.83. The molecule has 1 atom stereocenters. The van der Waals surface area contributed by atoms with Crippen LogP contribution >= 0.6 is 23.2 Å².